The zero-order valence-electron chi connectivity index (χ0n) is 21.3. The molecule has 0 heterocycles. The first-order chi connectivity index (χ1) is 16.9. The van der Waals surface area contributed by atoms with Crippen LogP contribution in [0.3, 0.4) is 0 Å². The molecule has 0 radical (unpaired) electrons. The molecule has 0 aliphatic rings. The fourth-order valence-electron chi connectivity index (χ4n) is 2.72. The summed E-state index contributed by atoms with van der Waals surface area (Å²) in [5.41, 5.74) is -0.755. The van der Waals surface area contributed by atoms with Gasteiger partial charge < -0.3 is 9.47 Å². The summed E-state index contributed by atoms with van der Waals surface area (Å²) in [6, 6.07) is 10.7. The van der Waals surface area contributed by atoms with Gasteiger partial charge in [-0.3, -0.25) is 15.4 Å². The van der Waals surface area contributed by atoms with Crippen LogP contribution < -0.4 is 15.4 Å². The number of benzene rings is 2. The number of nitrogens with one attached hydrogen (secondary N) is 3. The Kier molecular flexibility index (Phi) is 9.81. The number of sulfonamides is 1. The second-order valence-electron chi connectivity index (χ2n) is 9.78. The van der Waals surface area contributed by atoms with Gasteiger partial charge in [0, 0.05) is 5.69 Å². The molecule has 0 fully saturated rings. The summed E-state index contributed by atoms with van der Waals surface area (Å²) in [5, 5.41) is 4.78. The molecule has 10 nitrogen and oxygen atoms in total. The molecule has 0 aliphatic heterocycles. The van der Waals surface area contributed by atoms with Gasteiger partial charge in [0.2, 0.25) is 5.96 Å². The first-order valence-electron chi connectivity index (χ1n) is 11.1. The van der Waals surface area contributed by atoms with Crippen molar-refractivity contribution >= 4 is 57.1 Å². The zero-order valence-corrected chi connectivity index (χ0v) is 23.6. The van der Waals surface area contributed by atoms with Crippen molar-refractivity contribution in [2.45, 2.75) is 64.2 Å². The van der Waals surface area contributed by atoms with E-state index in [9.17, 15) is 18.0 Å². The van der Waals surface area contributed by atoms with Crippen molar-refractivity contribution in [1.29, 1.82) is 0 Å². The van der Waals surface area contributed by atoms with Crippen molar-refractivity contribution in [2.75, 3.05) is 4.72 Å². The first kappa shape index (κ1) is 30.2. The molecule has 0 unspecified atom stereocenters. The average Bonchev–Trinajstić information content (AvgIpc) is 2.71. The van der Waals surface area contributed by atoms with E-state index in [4.69, 9.17) is 32.7 Å². The van der Waals surface area contributed by atoms with Crippen LogP contribution in [0, 0.1) is 0 Å². The molecule has 2 rings (SSSR count). The molecule has 0 saturated carbocycles. The van der Waals surface area contributed by atoms with Crippen molar-refractivity contribution in [3.05, 3.63) is 58.1 Å². The van der Waals surface area contributed by atoms with Gasteiger partial charge >= 0.3 is 12.2 Å². The highest BCUT2D eigenvalue weighted by atomic mass is 35.5. The minimum atomic E-state index is -4.03. The lowest BCUT2D eigenvalue weighted by Crippen LogP contribution is -2.47. The van der Waals surface area contributed by atoms with Gasteiger partial charge in [-0.15, -0.1) is 0 Å². The highest BCUT2D eigenvalue weighted by molar-refractivity contribution is 7.92. The Balaban J connectivity index is 2.24. The summed E-state index contributed by atoms with van der Waals surface area (Å²) in [5.74, 6) is -0.208. The lowest BCUT2D eigenvalue weighted by Gasteiger charge is -2.22. The lowest BCUT2D eigenvalue weighted by atomic mass is 10.2. The van der Waals surface area contributed by atoms with Crippen molar-refractivity contribution in [1.82, 2.24) is 10.6 Å². The van der Waals surface area contributed by atoms with E-state index in [0.29, 0.717) is 5.56 Å². The summed E-state index contributed by atoms with van der Waals surface area (Å²) >= 11 is 12.0. The summed E-state index contributed by atoms with van der Waals surface area (Å²) < 4.78 is 38.5. The maximum Gasteiger partial charge on any atom is 0.414 e. The summed E-state index contributed by atoms with van der Waals surface area (Å²) in [7, 11) is -4.03. The average molecular weight is 573 g/mol. The number of anilines is 1. The van der Waals surface area contributed by atoms with E-state index in [1.54, 1.807) is 59.7 Å². The van der Waals surface area contributed by atoms with Gasteiger partial charge in [0.1, 0.15) is 16.1 Å². The third-order valence-corrected chi connectivity index (χ3v) is 6.40. The van der Waals surface area contributed by atoms with Gasteiger partial charge in [-0.25, -0.2) is 23.0 Å². The fourth-order valence-corrected chi connectivity index (χ4v) is 4.53. The van der Waals surface area contributed by atoms with Crippen molar-refractivity contribution in [3.8, 4) is 0 Å². The second kappa shape index (κ2) is 12.0. The Morgan fingerprint density at radius 1 is 0.892 bits per heavy atom. The van der Waals surface area contributed by atoms with E-state index in [1.165, 1.54) is 24.3 Å². The number of guanidine groups is 1. The van der Waals surface area contributed by atoms with Gasteiger partial charge in [-0.1, -0.05) is 41.4 Å². The third kappa shape index (κ3) is 10.5. The molecule has 37 heavy (non-hydrogen) atoms. The number of alkyl carbamates (subject to hydrolysis) is 2. The fraction of sp³-hybridized carbons (Fsp3) is 0.375. The Morgan fingerprint density at radius 2 is 1.43 bits per heavy atom. The molecule has 0 aliphatic carbocycles. The highest BCUT2D eigenvalue weighted by Gasteiger charge is 2.22. The van der Waals surface area contributed by atoms with E-state index >= 15 is 0 Å². The first-order valence-corrected chi connectivity index (χ1v) is 13.3. The predicted octanol–water partition coefficient (Wildman–Crippen LogP) is 5.70. The third-order valence-electron chi connectivity index (χ3n) is 4.04. The maximum absolute atomic E-state index is 12.8. The molecule has 2 aromatic rings. The van der Waals surface area contributed by atoms with Crippen LogP contribution in [0.4, 0.5) is 15.3 Å². The van der Waals surface area contributed by atoms with Crippen molar-refractivity contribution in [2.24, 2.45) is 4.99 Å². The second-order valence-corrected chi connectivity index (χ2v) is 12.2. The minimum absolute atomic E-state index is 0.0333. The number of aliphatic imine (C=N–C) groups is 1. The van der Waals surface area contributed by atoms with E-state index in [2.05, 4.69) is 20.3 Å². The summed E-state index contributed by atoms with van der Waals surface area (Å²) in [4.78, 5) is 28.5. The van der Waals surface area contributed by atoms with Crippen LogP contribution in [0.15, 0.2) is 52.4 Å². The molecule has 0 bridgehead atoms. The predicted molar refractivity (Wildman–Crippen MR) is 144 cm³/mol. The number of hydrogen-bond acceptors (Lipinski definition) is 7. The molecule has 0 atom stereocenters. The Bertz CT molecular complexity index is 1250. The van der Waals surface area contributed by atoms with Crippen LogP contribution in [-0.4, -0.2) is 37.8 Å². The number of carbonyl (C=O) groups is 2. The minimum Gasteiger partial charge on any atom is -0.444 e. The smallest absolute Gasteiger partial charge is 0.414 e. The van der Waals surface area contributed by atoms with Gasteiger partial charge in [-0.05, 0) is 71.4 Å². The van der Waals surface area contributed by atoms with Gasteiger partial charge in [0.15, 0.2) is 0 Å². The van der Waals surface area contributed by atoms with Crippen LogP contribution >= 0.6 is 23.2 Å². The van der Waals surface area contributed by atoms with Crippen LogP contribution in [0.2, 0.25) is 10.0 Å². The van der Waals surface area contributed by atoms with Crippen molar-refractivity contribution < 1.29 is 27.5 Å². The standard InChI is InChI=1S/C24H30Cl2N4O6S/c1-23(2,3)35-21(31)28-20(29-22(32)36-24(4,5)6)27-14-15-9-7-10-16(13-15)30-37(33,34)18-12-8-11-17(25)19(18)26/h7-13,30H,14H2,1-6H3,(H2,27,28,29,31,32). The van der Waals surface area contributed by atoms with Gasteiger partial charge in [0.25, 0.3) is 10.0 Å². The Morgan fingerprint density at radius 3 is 1.97 bits per heavy atom. The number of hydrogen-bond donors (Lipinski definition) is 3. The number of ether oxygens (including phenoxy) is 2. The maximum atomic E-state index is 12.8. The quantitative estimate of drug-likeness (QED) is 0.310. The topological polar surface area (TPSA) is 135 Å². The molecular formula is C24H30Cl2N4O6S. The molecule has 0 spiro atoms. The zero-order chi connectivity index (χ0) is 28.0. The van der Waals surface area contributed by atoms with Gasteiger partial charge in [0.05, 0.1) is 16.6 Å². The van der Waals surface area contributed by atoms with Crippen molar-refractivity contribution in [3.63, 3.8) is 0 Å². The summed E-state index contributed by atoms with van der Waals surface area (Å²) in [6.07, 6.45) is -1.66. The normalized spacial score (nSPS) is 11.8. The molecular weight excluding hydrogens is 543 g/mol. The Labute approximate surface area is 226 Å². The molecule has 3 N–H and O–H groups in total. The molecule has 202 valence electrons. The number of carbonyl (C=O) groups excluding carboxylic acids is 2. The highest BCUT2D eigenvalue weighted by Crippen LogP contribution is 2.30. The number of nitrogens with zero attached hydrogens (tertiary/aromatic N) is 1. The Hall–Kier alpha value is -3.02. The molecule has 13 heteroatoms. The largest absolute Gasteiger partial charge is 0.444 e. The molecule has 2 amide bonds. The SMILES string of the molecule is CC(C)(C)OC(=O)NC(=NCc1cccc(NS(=O)(=O)c2cccc(Cl)c2Cl)c1)NC(=O)OC(C)(C)C. The van der Waals surface area contributed by atoms with Crippen LogP contribution in [0.1, 0.15) is 47.1 Å². The molecule has 0 aromatic heterocycles. The van der Waals surface area contributed by atoms with E-state index in [0.717, 1.165) is 0 Å². The number of amides is 2. The van der Waals surface area contributed by atoms with Crippen LogP contribution in [0.25, 0.3) is 0 Å². The van der Waals surface area contributed by atoms with E-state index in [-0.39, 0.29) is 33.1 Å². The van der Waals surface area contributed by atoms with E-state index in [1.807, 2.05) is 0 Å². The van der Waals surface area contributed by atoms with Crippen LogP contribution in [0.5, 0.6) is 0 Å². The lowest BCUT2D eigenvalue weighted by molar-refractivity contribution is 0.0545. The van der Waals surface area contributed by atoms with E-state index < -0.39 is 33.4 Å². The molecule has 2 aromatic carbocycles. The number of rotatable bonds is 5. The molecule has 0 saturated heterocycles. The summed E-state index contributed by atoms with van der Waals surface area (Å²) in [6.45, 7) is 10.1. The van der Waals surface area contributed by atoms with Crippen LogP contribution in [-0.2, 0) is 26.0 Å². The number of halogens is 2. The monoisotopic (exact) mass is 572 g/mol. The van der Waals surface area contributed by atoms with Gasteiger partial charge in [-0.2, -0.15) is 0 Å².